The summed E-state index contributed by atoms with van der Waals surface area (Å²) in [5.74, 6) is -1.61. The standard InChI is InChI=1S/C21H17F4NO3S2/c1-13-11-14(8-9-17(13)22)31(28,29)19(18-7-4-10-30-18)12-26-20(27)15-5-2-3-6-16(15)21(23,24)25/h2-11,19H,12H2,1H3,(H,26,27). The summed E-state index contributed by atoms with van der Waals surface area (Å²) in [4.78, 5) is 12.7. The van der Waals surface area contributed by atoms with Crippen LogP contribution in [0.3, 0.4) is 0 Å². The summed E-state index contributed by atoms with van der Waals surface area (Å²) in [5, 5.41) is 2.71. The number of amides is 1. The fraction of sp³-hybridized carbons (Fsp3) is 0.190. The molecule has 0 saturated carbocycles. The summed E-state index contributed by atoms with van der Waals surface area (Å²) in [7, 11) is -4.07. The number of rotatable bonds is 6. The van der Waals surface area contributed by atoms with Gasteiger partial charge < -0.3 is 5.32 Å². The molecule has 2 aromatic carbocycles. The SMILES string of the molecule is Cc1cc(S(=O)(=O)C(CNC(=O)c2ccccc2C(F)(F)F)c2cccs2)ccc1F. The smallest absolute Gasteiger partial charge is 0.350 e. The van der Waals surface area contributed by atoms with E-state index in [1.165, 1.54) is 19.1 Å². The minimum absolute atomic E-state index is 0.133. The molecule has 1 N–H and O–H groups in total. The second kappa shape index (κ2) is 8.80. The fourth-order valence-corrected chi connectivity index (χ4v) is 5.87. The van der Waals surface area contributed by atoms with Crippen molar-refractivity contribution in [2.45, 2.75) is 23.2 Å². The molecule has 3 aromatic rings. The predicted molar refractivity (Wildman–Crippen MR) is 109 cm³/mol. The molecule has 1 heterocycles. The highest BCUT2D eigenvalue weighted by atomic mass is 32.2. The number of hydrogen-bond donors (Lipinski definition) is 1. The average Bonchev–Trinajstić information content (AvgIpc) is 3.23. The zero-order valence-electron chi connectivity index (χ0n) is 16.1. The van der Waals surface area contributed by atoms with E-state index < -0.39 is 50.7 Å². The summed E-state index contributed by atoms with van der Waals surface area (Å²) in [5.41, 5.74) is -1.58. The molecule has 0 radical (unpaired) electrons. The third kappa shape index (κ3) is 4.96. The summed E-state index contributed by atoms with van der Waals surface area (Å²) >= 11 is 1.13. The van der Waals surface area contributed by atoms with Gasteiger partial charge in [0.15, 0.2) is 9.84 Å². The molecule has 1 aromatic heterocycles. The number of carbonyl (C=O) groups excluding carboxylic acids is 1. The normalized spacial score (nSPS) is 13.1. The van der Waals surface area contributed by atoms with Crippen LogP contribution in [0, 0.1) is 12.7 Å². The van der Waals surface area contributed by atoms with E-state index in [2.05, 4.69) is 5.32 Å². The van der Waals surface area contributed by atoms with Crippen molar-refractivity contribution < 1.29 is 30.8 Å². The number of thiophene rings is 1. The van der Waals surface area contributed by atoms with Gasteiger partial charge in [0.25, 0.3) is 5.91 Å². The summed E-state index contributed by atoms with van der Waals surface area (Å²) < 4.78 is 79.7. The molecule has 10 heteroatoms. The van der Waals surface area contributed by atoms with Crippen molar-refractivity contribution in [3.05, 3.63) is 87.4 Å². The van der Waals surface area contributed by atoms with Crippen LogP contribution in [-0.2, 0) is 16.0 Å². The van der Waals surface area contributed by atoms with Gasteiger partial charge in [-0.3, -0.25) is 4.79 Å². The summed E-state index contributed by atoms with van der Waals surface area (Å²) in [6.07, 6.45) is -4.74. The van der Waals surface area contributed by atoms with Gasteiger partial charge in [0.2, 0.25) is 0 Å². The lowest BCUT2D eigenvalue weighted by Gasteiger charge is -2.19. The lowest BCUT2D eigenvalue weighted by Crippen LogP contribution is -2.32. The van der Waals surface area contributed by atoms with Crippen molar-refractivity contribution in [1.29, 1.82) is 0 Å². The number of hydrogen-bond acceptors (Lipinski definition) is 4. The van der Waals surface area contributed by atoms with E-state index in [4.69, 9.17) is 0 Å². The van der Waals surface area contributed by atoms with Gasteiger partial charge in [-0.2, -0.15) is 13.2 Å². The van der Waals surface area contributed by atoms with Crippen LogP contribution in [0.1, 0.15) is 31.6 Å². The number of halogens is 4. The summed E-state index contributed by atoms with van der Waals surface area (Å²) in [6, 6.07) is 10.8. The van der Waals surface area contributed by atoms with Crippen molar-refractivity contribution in [2.24, 2.45) is 0 Å². The second-order valence-electron chi connectivity index (χ2n) is 6.71. The van der Waals surface area contributed by atoms with Crippen molar-refractivity contribution in [3.8, 4) is 0 Å². The minimum Gasteiger partial charge on any atom is -0.350 e. The number of sulfone groups is 1. The lowest BCUT2D eigenvalue weighted by atomic mass is 10.1. The number of nitrogens with one attached hydrogen (secondary N) is 1. The van der Waals surface area contributed by atoms with Crippen LogP contribution in [-0.4, -0.2) is 20.9 Å². The van der Waals surface area contributed by atoms with Crippen LogP contribution < -0.4 is 5.32 Å². The van der Waals surface area contributed by atoms with Crippen LogP contribution >= 0.6 is 11.3 Å². The van der Waals surface area contributed by atoms with E-state index in [0.29, 0.717) is 4.88 Å². The van der Waals surface area contributed by atoms with Gasteiger partial charge in [0, 0.05) is 11.4 Å². The van der Waals surface area contributed by atoms with E-state index in [1.807, 2.05) is 0 Å². The van der Waals surface area contributed by atoms with Gasteiger partial charge in [-0.25, -0.2) is 12.8 Å². The molecule has 1 unspecified atom stereocenters. The van der Waals surface area contributed by atoms with E-state index in [1.54, 1.807) is 17.5 Å². The summed E-state index contributed by atoms with van der Waals surface area (Å²) in [6.45, 7) is 0.967. The van der Waals surface area contributed by atoms with Crippen LogP contribution in [0.4, 0.5) is 17.6 Å². The first-order valence-electron chi connectivity index (χ1n) is 8.99. The number of benzene rings is 2. The third-order valence-corrected chi connectivity index (χ3v) is 7.83. The van der Waals surface area contributed by atoms with Crippen molar-refractivity contribution >= 4 is 27.1 Å². The van der Waals surface area contributed by atoms with Gasteiger partial charge in [-0.1, -0.05) is 18.2 Å². The maximum absolute atomic E-state index is 13.6. The Morgan fingerprint density at radius 3 is 2.42 bits per heavy atom. The Morgan fingerprint density at radius 1 is 1.10 bits per heavy atom. The van der Waals surface area contributed by atoms with Gasteiger partial charge >= 0.3 is 6.18 Å². The first-order chi connectivity index (χ1) is 14.5. The molecule has 0 aliphatic carbocycles. The van der Waals surface area contributed by atoms with E-state index >= 15 is 0 Å². The highest BCUT2D eigenvalue weighted by Crippen LogP contribution is 2.34. The molecule has 0 spiro atoms. The molecule has 0 fully saturated rings. The Hall–Kier alpha value is -2.72. The fourth-order valence-electron chi connectivity index (χ4n) is 3.01. The Morgan fingerprint density at radius 2 is 1.81 bits per heavy atom. The van der Waals surface area contributed by atoms with Gasteiger partial charge in [-0.05, 0) is 54.3 Å². The van der Waals surface area contributed by atoms with Gasteiger partial charge in [0.1, 0.15) is 11.1 Å². The molecule has 3 rings (SSSR count). The lowest BCUT2D eigenvalue weighted by molar-refractivity contribution is -0.137. The molecule has 0 aliphatic heterocycles. The molecule has 0 bridgehead atoms. The van der Waals surface area contributed by atoms with Crippen molar-refractivity contribution in [3.63, 3.8) is 0 Å². The number of aryl methyl sites for hydroxylation is 1. The Kier molecular flexibility index (Phi) is 6.51. The molecule has 31 heavy (non-hydrogen) atoms. The highest BCUT2D eigenvalue weighted by Gasteiger charge is 2.36. The quantitative estimate of drug-likeness (QED) is 0.399. The van der Waals surface area contributed by atoms with Gasteiger partial charge in [0.05, 0.1) is 16.0 Å². The monoisotopic (exact) mass is 471 g/mol. The topological polar surface area (TPSA) is 63.2 Å². The average molecular weight is 471 g/mol. The highest BCUT2D eigenvalue weighted by molar-refractivity contribution is 7.91. The van der Waals surface area contributed by atoms with E-state index in [-0.39, 0.29) is 10.5 Å². The zero-order chi connectivity index (χ0) is 22.8. The molecular formula is C21H17F4NO3S2. The Balaban J connectivity index is 1.92. The van der Waals surface area contributed by atoms with Crippen LogP contribution in [0.25, 0.3) is 0 Å². The molecule has 0 aliphatic rings. The first-order valence-corrected chi connectivity index (χ1v) is 11.4. The van der Waals surface area contributed by atoms with E-state index in [9.17, 15) is 30.8 Å². The predicted octanol–water partition coefficient (Wildman–Crippen LogP) is 5.16. The number of alkyl halides is 3. The Bertz CT molecular complexity index is 1190. The maximum atomic E-state index is 13.6. The first kappa shape index (κ1) is 23.0. The number of carbonyl (C=O) groups is 1. The van der Waals surface area contributed by atoms with Crippen molar-refractivity contribution in [2.75, 3.05) is 6.54 Å². The van der Waals surface area contributed by atoms with Crippen LogP contribution in [0.5, 0.6) is 0 Å². The zero-order valence-corrected chi connectivity index (χ0v) is 17.7. The molecule has 1 atom stereocenters. The molecule has 4 nitrogen and oxygen atoms in total. The second-order valence-corrected chi connectivity index (χ2v) is 9.82. The largest absolute Gasteiger partial charge is 0.417 e. The molecule has 164 valence electrons. The minimum atomic E-state index is -4.74. The molecule has 1 amide bonds. The Labute approximate surface area is 180 Å². The molecule has 0 saturated heterocycles. The van der Waals surface area contributed by atoms with E-state index in [0.717, 1.165) is 41.7 Å². The third-order valence-electron chi connectivity index (χ3n) is 4.62. The van der Waals surface area contributed by atoms with Crippen LogP contribution in [0.15, 0.2) is 64.9 Å². The van der Waals surface area contributed by atoms with Crippen molar-refractivity contribution in [1.82, 2.24) is 5.32 Å². The maximum Gasteiger partial charge on any atom is 0.417 e. The molecular weight excluding hydrogens is 454 g/mol. The van der Waals surface area contributed by atoms with Crippen LogP contribution in [0.2, 0.25) is 0 Å². The van der Waals surface area contributed by atoms with Gasteiger partial charge in [-0.15, -0.1) is 11.3 Å².